The molecular formula is C19H18F3N3O6S. The summed E-state index contributed by atoms with van der Waals surface area (Å²) in [6.45, 7) is 0.120. The number of ether oxygens (including phenoxy) is 2. The molecular weight excluding hydrogens is 455 g/mol. The summed E-state index contributed by atoms with van der Waals surface area (Å²) >= 11 is 0. The van der Waals surface area contributed by atoms with Crippen molar-refractivity contribution < 1.29 is 40.3 Å². The van der Waals surface area contributed by atoms with Crippen LogP contribution in [0.2, 0.25) is 0 Å². The second-order valence-electron chi connectivity index (χ2n) is 7.16. The minimum atomic E-state index is -4.86. The molecule has 1 N–H and O–H groups in total. The largest absolute Gasteiger partial charge is 0.573 e. The molecule has 0 bridgehead atoms. The van der Waals surface area contributed by atoms with Crippen molar-refractivity contribution in [2.75, 3.05) is 13.1 Å². The highest BCUT2D eigenvalue weighted by molar-refractivity contribution is 7.89. The van der Waals surface area contributed by atoms with Crippen LogP contribution in [0, 0.1) is 0 Å². The lowest BCUT2D eigenvalue weighted by atomic mass is 10.1. The van der Waals surface area contributed by atoms with Crippen LogP contribution in [0.5, 0.6) is 11.6 Å². The van der Waals surface area contributed by atoms with E-state index < -0.39 is 28.2 Å². The van der Waals surface area contributed by atoms with E-state index in [1.807, 2.05) is 0 Å². The van der Waals surface area contributed by atoms with E-state index >= 15 is 0 Å². The zero-order valence-electron chi connectivity index (χ0n) is 16.5. The Morgan fingerprint density at radius 2 is 1.94 bits per heavy atom. The number of carbonyl (C=O) groups is 1. The lowest BCUT2D eigenvalue weighted by molar-refractivity contribution is -0.274. The maximum Gasteiger partial charge on any atom is 0.573 e. The van der Waals surface area contributed by atoms with Gasteiger partial charge in [-0.1, -0.05) is 6.08 Å². The first-order valence-corrected chi connectivity index (χ1v) is 11.0. The molecule has 1 saturated carbocycles. The lowest BCUT2D eigenvalue weighted by Gasteiger charge is -2.25. The Morgan fingerprint density at radius 3 is 2.53 bits per heavy atom. The number of aromatic nitrogens is 1. The van der Waals surface area contributed by atoms with Crippen LogP contribution in [-0.2, 0) is 10.0 Å². The fourth-order valence-corrected chi connectivity index (χ4v) is 4.38. The lowest BCUT2D eigenvalue weighted by Crippen LogP contribution is -2.34. The fraction of sp³-hybridized carbons (Fsp3) is 0.368. The van der Waals surface area contributed by atoms with Crippen molar-refractivity contribution in [2.45, 2.75) is 36.6 Å². The van der Waals surface area contributed by atoms with E-state index in [1.165, 1.54) is 10.6 Å². The average Bonchev–Trinajstić information content (AvgIpc) is 3.42. The third kappa shape index (κ3) is 5.40. The van der Waals surface area contributed by atoms with Crippen LogP contribution in [0.4, 0.5) is 18.0 Å². The zero-order chi connectivity index (χ0) is 22.9. The van der Waals surface area contributed by atoms with Crippen LogP contribution in [-0.4, -0.2) is 49.3 Å². The summed E-state index contributed by atoms with van der Waals surface area (Å²) in [4.78, 5) is 15.6. The van der Waals surface area contributed by atoms with E-state index in [9.17, 15) is 26.4 Å². The number of benzene rings is 1. The maximum absolute atomic E-state index is 12.8. The Balaban J connectivity index is 1.38. The highest BCUT2D eigenvalue weighted by Gasteiger charge is 2.32. The van der Waals surface area contributed by atoms with E-state index in [0.29, 0.717) is 5.57 Å². The van der Waals surface area contributed by atoms with E-state index in [-0.39, 0.29) is 42.2 Å². The van der Waals surface area contributed by atoms with Gasteiger partial charge in [0.15, 0.2) is 6.26 Å². The van der Waals surface area contributed by atoms with Gasteiger partial charge in [0.1, 0.15) is 5.75 Å². The van der Waals surface area contributed by atoms with Crippen molar-refractivity contribution in [3.63, 3.8) is 0 Å². The molecule has 172 valence electrons. The highest BCUT2D eigenvalue weighted by Crippen LogP contribution is 2.29. The normalized spacial score (nSPS) is 17.5. The molecule has 2 heterocycles. The number of alkyl halides is 3. The molecule has 2 aromatic rings. The van der Waals surface area contributed by atoms with E-state index in [2.05, 4.69) is 15.0 Å². The molecule has 13 heteroatoms. The summed E-state index contributed by atoms with van der Waals surface area (Å²) in [5, 5.41) is 2.65. The summed E-state index contributed by atoms with van der Waals surface area (Å²) in [5.41, 5.74) is 0.642. The highest BCUT2D eigenvalue weighted by atomic mass is 32.2. The first kappa shape index (κ1) is 22.1. The molecule has 0 radical (unpaired) electrons. The molecule has 0 atom stereocenters. The van der Waals surface area contributed by atoms with Gasteiger partial charge in [-0.15, -0.1) is 13.2 Å². The van der Waals surface area contributed by atoms with Gasteiger partial charge >= 0.3 is 12.5 Å². The monoisotopic (exact) mass is 473 g/mol. The van der Waals surface area contributed by atoms with E-state index in [4.69, 9.17) is 9.15 Å². The second kappa shape index (κ2) is 8.47. The second-order valence-corrected chi connectivity index (χ2v) is 9.10. The van der Waals surface area contributed by atoms with Gasteiger partial charge in [0, 0.05) is 24.7 Å². The van der Waals surface area contributed by atoms with Gasteiger partial charge in [-0.05, 0) is 43.5 Å². The van der Waals surface area contributed by atoms with Crippen molar-refractivity contribution in [1.29, 1.82) is 0 Å². The molecule has 0 unspecified atom stereocenters. The van der Waals surface area contributed by atoms with Crippen LogP contribution >= 0.6 is 0 Å². The SMILES string of the molecule is O=C(NC1CC1)Oc1coc(C2=CCN(S(=O)(=O)c3ccc(OC(F)(F)F)cc3)CC2)n1. The number of oxazole rings is 1. The fourth-order valence-electron chi connectivity index (χ4n) is 3.00. The number of halogens is 3. The molecule has 2 aliphatic rings. The van der Waals surface area contributed by atoms with Crippen molar-refractivity contribution in [2.24, 2.45) is 0 Å². The van der Waals surface area contributed by atoms with Crippen LogP contribution < -0.4 is 14.8 Å². The number of hydrogen-bond acceptors (Lipinski definition) is 7. The predicted octanol–water partition coefficient (Wildman–Crippen LogP) is 3.30. The quantitative estimate of drug-likeness (QED) is 0.685. The number of hydrogen-bond donors (Lipinski definition) is 1. The Hall–Kier alpha value is -3.06. The average molecular weight is 473 g/mol. The summed E-state index contributed by atoms with van der Waals surface area (Å²) in [7, 11) is -3.92. The molecule has 0 saturated heterocycles. The first-order chi connectivity index (χ1) is 15.1. The van der Waals surface area contributed by atoms with Gasteiger partial charge < -0.3 is 19.2 Å². The van der Waals surface area contributed by atoms with Crippen LogP contribution in [0.3, 0.4) is 0 Å². The molecule has 1 aromatic heterocycles. The van der Waals surface area contributed by atoms with E-state index in [0.717, 1.165) is 37.1 Å². The first-order valence-electron chi connectivity index (χ1n) is 9.59. The van der Waals surface area contributed by atoms with Gasteiger partial charge in [-0.3, -0.25) is 0 Å². The van der Waals surface area contributed by atoms with E-state index in [1.54, 1.807) is 6.08 Å². The summed E-state index contributed by atoms with van der Waals surface area (Å²) in [5.74, 6) is -0.301. The standard InChI is InChI=1S/C19H18F3N3O6S/c20-19(21,22)31-14-3-5-15(6-4-14)32(27,28)25-9-7-12(8-10-25)17-24-16(11-29-17)30-18(26)23-13-1-2-13/h3-7,11,13H,1-2,8-10H2,(H,23,26). The van der Waals surface area contributed by atoms with Gasteiger partial charge in [0.05, 0.1) is 4.90 Å². The number of rotatable bonds is 6. The number of nitrogens with one attached hydrogen (secondary N) is 1. The summed E-state index contributed by atoms with van der Waals surface area (Å²) in [6, 6.07) is 4.13. The number of carbonyl (C=O) groups excluding carboxylic acids is 1. The third-order valence-corrected chi connectivity index (χ3v) is 6.60. The van der Waals surface area contributed by atoms with Gasteiger partial charge in [0.25, 0.3) is 5.88 Å². The van der Waals surface area contributed by atoms with Crippen LogP contribution in [0.1, 0.15) is 25.2 Å². The van der Waals surface area contributed by atoms with Crippen molar-refractivity contribution >= 4 is 21.7 Å². The van der Waals surface area contributed by atoms with Gasteiger partial charge in [-0.25, -0.2) is 13.2 Å². The van der Waals surface area contributed by atoms with Crippen LogP contribution in [0.25, 0.3) is 5.57 Å². The topological polar surface area (TPSA) is 111 Å². The van der Waals surface area contributed by atoms with Crippen molar-refractivity contribution in [1.82, 2.24) is 14.6 Å². The summed E-state index contributed by atoms with van der Waals surface area (Å²) < 4.78 is 77.6. The summed E-state index contributed by atoms with van der Waals surface area (Å²) in [6.07, 6.45) is -0.566. The minimum Gasteiger partial charge on any atom is -0.441 e. The molecule has 1 aromatic carbocycles. The number of amides is 1. The van der Waals surface area contributed by atoms with Crippen molar-refractivity contribution in [3.05, 3.63) is 42.5 Å². The predicted molar refractivity (Wildman–Crippen MR) is 103 cm³/mol. The van der Waals surface area contributed by atoms with Gasteiger partial charge in [0.2, 0.25) is 15.9 Å². The molecule has 1 amide bonds. The Bertz CT molecular complexity index is 1120. The molecule has 32 heavy (non-hydrogen) atoms. The molecule has 0 spiro atoms. The van der Waals surface area contributed by atoms with Gasteiger partial charge in [-0.2, -0.15) is 9.29 Å². The number of nitrogens with zero attached hydrogens (tertiary/aromatic N) is 2. The Labute approximate surface area is 180 Å². The minimum absolute atomic E-state index is 0.00438. The Morgan fingerprint density at radius 1 is 1.22 bits per heavy atom. The maximum atomic E-state index is 12.8. The third-order valence-electron chi connectivity index (χ3n) is 4.72. The zero-order valence-corrected chi connectivity index (χ0v) is 17.3. The van der Waals surface area contributed by atoms with Crippen molar-refractivity contribution in [3.8, 4) is 11.6 Å². The molecule has 1 aliphatic heterocycles. The molecule has 1 aliphatic carbocycles. The van der Waals surface area contributed by atoms with Crippen LogP contribution in [0.15, 0.2) is 45.9 Å². The molecule has 9 nitrogen and oxygen atoms in total. The number of sulfonamides is 1. The molecule has 4 rings (SSSR count). The smallest absolute Gasteiger partial charge is 0.441 e. The molecule has 1 fully saturated rings. The Kier molecular flexibility index (Phi) is 5.86.